The van der Waals surface area contributed by atoms with Crippen LogP contribution >= 0.6 is 11.6 Å². The number of hydrogen-bond donors (Lipinski definition) is 2. The number of aliphatic hydroxyl groups excluding tert-OH is 1. The van der Waals surface area contributed by atoms with Gasteiger partial charge in [-0.15, -0.1) is 4.83 Å². The zero-order valence-corrected chi connectivity index (χ0v) is 12.0. The maximum atomic E-state index is 14.0. The molecule has 1 aromatic carbocycles. The summed E-state index contributed by atoms with van der Waals surface area (Å²) in [4.78, 5) is 1.69. The van der Waals surface area contributed by atoms with E-state index in [-0.39, 0.29) is 10.6 Å². The fourth-order valence-corrected chi connectivity index (χ4v) is 3.38. The Kier molecular flexibility index (Phi) is 4.95. The van der Waals surface area contributed by atoms with Crippen LogP contribution in [-0.4, -0.2) is 44.8 Å². The minimum atomic E-state index is -4.10. The highest BCUT2D eigenvalue weighted by atomic mass is 35.5. The summed E-state index contributed by atoms with van der Waals surface area (Å²) in [6.07, 6.45) is 0. The second-order valence-electron chi connectivity index (χ2n) is 4.23. The van der Waals surface area contributed by atoms with Crippen LogP contribution in [0.15, 0.2) is 17.0 Å². The zero-order valence-electron chi connectivity index (χ0n) is 10.5. The van der Waals surface area contributed by atoms with Crippen molar-refractivity contribution in [2.24, 2.45) is 0 Å². The lowest BCUT2D eigenvalue weighted by atomic mass is 10.2. The lowest BCUT2D eigenvalue weighted by Crippen LogP contribution is -2.48. The summed E-state index contributed by atoms with van der Waals surface area (Å²) >= 11 is 5.75. The Morgan fingerprint density at radius 3 is 2.65 bits per heavy atom. The Labute approximate surface area is 121 Å². The van der Waals surface area contributed by atoms with Crippen molar-refractivity contribution in [1.82, 2.24) is 9.84 Å². The van der Waals surface area contributed by atoms with Crippen LogP contribution in [0, 0.1) is 5.82 Å². The molecule has 0 bridgehead atoms. The van der Waals surface area contributed by atoms with Gasteiger partial charge in [0.1, 0.15) is 10.7 Å². The molecule has 0 spiro atoms. The van der Waals surface area contributed by atoms with Crippen LogP contribution in [0.1, 0.15) is 5.56 Å². The van der Waals surface area contributed by atoms with E-state index in [1.165, 1.54) is 11.1 Å². The number of benzene rings is 1. The van der Waals surface area contributed by atoms with E-state index >= 15 is 0 Å². The molecular weight excluding hydrogens is 311 g/mol. The molecule has 2 N–H and O–H groups in total. The van der Waals surface area contributed by atoms with Crippen LogP contribution in [0.3, 0.4) is 0 Å². The Hall–Kier alpha value is -0.770. The van der Waals surface area contributed by atoms with E-state index in [1.807, 2.05) is 0 Å². The molecule has 1 fully saturated rings. The van der Waals surface area contributed by atoms with Crippen LogP contribution < -0.4 is 4.83 Å². The highest BCUT2D eigenvalue weighted by Crippen LogP contribution is 2.24. The zero-order chi connectivity index (χ0) is 14.8. The third kappa shape index (κ3) is 3.46. The molecule has 0 unspecified atom stereocenters. The van der Waals surface area contributed by atoms with Crippen molar-refractivity contribution < 1.29 is 22.7 Å². The van der Waals surface area contributed by atoms with Crippen molar-refractivity contribution in [2.45, 2.75) is 11.5 Å². The van der Waals surface area contributed by atoms with Gasteiger partial charge in [-0.2, -0.15) is 0 Å². The monoisotopic (exact) mass is 324 g/mol. The van der Waals surface area contributed by atoms with Crippen LogP contribution in [0.25, 0.3) is 0 Å². The number of nitrogens with zero attached hydrogens (tertiary/aromatic N) is 1. The van der Waals surface area contributed by atoms with E-state index in [4.69, 9.17) is 21.4 Å². The molecule has 1 aliphatic rings. The first-order chi connectivity index (χ1) is 9.44. The van der Waals surface area contributed by atoms with Crippen LogP contribution in [-0.2, 0) is 21.4 Å². The molecule has 0 aliphatic carbocycles. The first-order valence-electron chi connectivity index (χ1n) is 5.88. The molecule has 0 aromatic heterocycles. The summed E-state index contributed by atoms with van der Waals surface area (Å²) in [5.41, 5.74) is -0.167. The second-order valence-corrected chi connectivity index (χ2v) is 6.29. The summed E-state index contributed by atoms with van der Waals surface area (Å²) in [6.45, 7) is 0.889. The number of morpholine rings is 1. The van der Waals surface area contributed by atoms with Crippen molar-refractivity contribution in [2.75, 3.05) is 26.3 Å². The highest BCUT2D eigenvalue weighted by molar-refractivity contribution is 7.89. The number of hydrogen-bond acceptors (Lipinski definition) is 5. The number of nitrogens with one attached hydrogen (secondary N) is 1. The van der Waals surface area contributed by atoms with Gasteiger partial charge in [-0.3, -0.25) is 0 Å². The molecule has 9 heteroatoms. The van der Waals surface area contributed by atoms with E-state index in [1.54, 1.807) is 0 Å². The van der Waals surface area contributed by atoms with Gasteiger partial charge in [-0.25, -0.2) is 17.8 Å². The van der Waals surface area contributed by atoms with Gasteiger partial charge in [-0.05, 0) is 12.1 Å². The van der Waals surface area contributed by atoms with Gasteiger partial charge in [0.25, 0.3) is 10.0 Å². The molecule has 0 saturated carbocycles. The van der Waals surface area contributed by atoms with Crippen molar-refractivity contribution in [3.63, 3.8) is 0 Å². The summed E-state index contributed by atoms with van der Waals surface area (Å²) in [6, 6.07) is 2.20. The van der Waals surface area contributed by atoms with E-state index in [9.17, 15) is 12.8 Å². The van der Waals surface area contributed by atoms with Gasteiger partial charge < -0.3 is 9.84 Å². The van der Waals surface area contributed by atoms with Crippen molar-refractivity contribution in [3.05, 3.63) is 28.5 Å². The number of halogens is 2. The average molecular weight is 325 g/mol. The predicted octanol–water partition coefficient (Wildman–Crippen LogP) is 0.497. The summed E-state index contributed by atoms with van der Waals surface area (Å²) in [5, 5.41) is 10.5. The van der Waals surface area contributed by atoms with Crippen molar-refractivity contribution in [3.8, 4) is 0 Å². The number of ether oxygens (including phenoxy) is 1. The molecule has 1 saturated heterocycles. The fraction of sp³-hybridized carbons (Fsp3) is 0.455. The lowest BCUT2D eigenvalue weighted by molar-refractivity contribution is 0.0272. The number of hydrazine groups is 1. The molecule has 1 heterocycles. The largest absolute Gasteiger partial charge is 0.392 e. The minimum Gasteiger partial charge on any atom is -0.392 e. The van der Waals surface area contributed by atoms with Gasteiger partial charge in [0.2, 0.25) is 0 Å². The van der Waals surface area contributed by atoms with Crippen molar-refractivity contribution in [1.29, 1.82) is 0 Å². The van der Waals surface area contributed by atoms with Gasteiger partial charge in [0, 0.05) is 23.7 Å². The quantitative estimate of drug-likeness (QED) is 0.843. The summed E-state index contributed by atoms with van der Waals surface area (Å²) < 4.78 is 43.5. The van der Waals surface area contributed by atoms with Gasteiger partial charge >= 0.3 is 0 Å². The third-order valence-corrected chi connectivity index (χ3v) is 4.39. The maximum Gasteiger partial charge on any atom is 0.256 e. The summed E-state index contributed by atoms with van der Waals surface area (Å²) in [5.74, 6) is -1.00. The topological polar surface area (TPSA) is 78.9 Å². The minimum absolute atomic E-state index is 0.0396. The van der Waals surface area contributed by atoms with Crippen LogP contribution in [0.4, 0.5) is 4.39 Å². The highest BCUT2D eigenvalue weighted by Gasteiger charge is 2.25. The first kappa shape index (κ1) is 15.6. The molecule has 0 amide bonds. The maximum absolute atomic E-state index is 14.0. The van der Waals surface area contributed by atoms with Gasteiger partial charge in [0.05, 0.1) is 19.8 Å². The number of rotatable bonds is 4. The number of sulfonamides is 1. The second kappa shape index (κ2) is 6.33. The Balaban J connectivity index is 2.31. The summed E-state index contributed by atoms with van der Waals surface area (Å²) in [7, 11) is -4.10. The third-order valence-electron chi connectivity index (χ3n) is 2.80. The average Bonchev–Trinajstić information content (AvgIpc) is 2.41. The van der Waals surface area contributed by atoms with Crippen LogP contribution in [0.2, 0.25) is 5.02 Å². The van der Waals surface area contributed by atoms with E-state index in [0.29, 0.717) is 26.3 Å². The van der Waals surface area contributed by atoms with Crippen LogP contribution in [0.5, 0.6) is 0 Å². The normalized spacial score (nSPS) is 17.4. The lowest BCUT2D eigenvalue weighted by Gasteiger charge is -2.26. The molecule has 1 aliphatic heterocycles. The van der Waals surface area contributed by atoms with E-state index in [0.717, 1.165) is 6.07 Å². The fourth-order valence-electron chi connectivity index (χ4n) is 1.80. The first-order valence-corrected chi connectivity index (χ1v) is 7.74. The Morgan fingerprint density at radius 2 is 2.05 bits per heavy atom. The van der Waals surface area contributed by atoms with E-state index in [2.05, 4.69) is 4.83 Å². The van der Waals surface area contributed by atoms with Gasteiger partial charge in [0.15, 0.2) is 0 Å². The molecule has 6 nitrogen and oxygen atoms in total. The van der Waals surface area contributed by atoms with Gasteiger partial charge in [-0.1, -0.05) is 11.6 Å². The molecule has 1 aromatic rings. The molecule has 0 radical (unpaired) electrons. The smallest absolute Gasteiger partial charge is 0.256 e. The SMILES string of the molecule is O=S(=O)(NN1CCOCC1)c1cc(Cl)cc(CO)c1F. The molecule has 2 rings (SSSR count). The standard InChI is InChI=1S/C11H14ClFN2O4S/c12-9-5-8(7-16)11(13)10(6-9)20(17,18)14-15-1-3-19-4-2-15/h5-6,14,16H,1-4,7H2. The molecule has 112 valence electrons. The predicted molar refractivity (Wildman–Crippen MR) is 70.0 cm³/mol. The number of aliphatic hydroxyl groups is 1. The molecular formula is C11H14ClFN2O4S. The van der Waals surface area contributed by atoms with E-state index < -0.39 is 27.3 Å². The Morgan fingerprint density at radius 1 is 1.40 bits per heavy atom. The Bertz CT molecular complexity index is 590. The van der Waals surface area contributed by atoms with Crippen molar-refractivity contribution >= 4 is 21.6 Å². The molecule has 0 atom stereocenters. The molecule has 20 heavy (non-hydrogen) atoms.